The minimum atomic E-state index is 0.272. The molecule has 4 aromatic rings. The van der Waals surface area contributed by atoms with Crippen molar-refractivity contribution in [3.63, 3.8) is 0 Å². The fourth-order valence-electron chi connectivity index (χ4n) is 2.65. The molecule has 0 spiro atoms. The molecule has 0 atom stereocenters. The molecule has 27 heavy (non-hydrogen) atoms. The van der Waals surface area contributed by atoms with Gasteiger partial charge in [-0.2, -0.15) is 4.98 Å². The molecule has 0 aliphatic carbocycles. The molecule has 0 N–H and O–H groups in total. The van der Waals surface area contributed by atoms with Crippen molar-refractivity contribution in [1.29, 1.82) is 0 Å². The van der Waals surface area contributed by atoms with Gasteiger partial charge in [0.15, 0.2) is 5.82 Å². The Hall–Kier alpha value is -3.54. The van der Waals surface area contributed by atoms with Crippen molar-refractivity contribution >= 4 is 0 Å². The summed E-state index contributed by atoms with van der Waals surface area (Å²) in [5.41, 5.74) is 3.40. The molecule has 3 aromatic heterocycles. The van der Waals surface area contributed by atoms with Gasteiger partial charge in [0.1, 0.15) is 18.1 Å². The fourth-order valence-corrected chi connectivity index (χ4v) is 2.65. The molecule has 0 unspecified atom stereocenters. The van der Waals surface area contributed by atoms with Crippen LogP contribution in [0.3, 0.4) is 0 Å². The van der Waals surface area contributed by atoms with Gasteiger partial charge in [-0.05, 0) is 38.1 Å². The number of hydrogen-bond acceptors (Lipinski definition) is 6. The molecular weight excluding hydrogens is 340 g/mol. The third-order valence-corrected chi connectivity index (χ3v) is 4.04. The lowest BCUT2D eigenvalue weighted by atomic mass is 10.2. The molecular formula is C21H18N4O2. The highest BCUT2D eigenvalue weighted by Crippen LogP contribution is 2.23. The van der Waals surface area contributed by atoms with Gasteiger partial charge >= 0.3 is 0 Å². The van der Waals surface area contributed by atoms with Gasteiger partial charge in [-0.25, -0.2) is 9.97 Å². The summed E-state index contributed by atoms with van der Waals surface area (Å²) in [5.74, 6) is 2.42. The van der Waals surface area contributed by atoms with E-state index in [-0.39, 0.29) is 6.61 Å². The second-order valence-corrected chi connectivity index (χ2v) is 6.08. The smallest absolute Gasteiger partial charge is 0.226 e. The number of rotatable bonds is 5. The van der Waals surface area contributed by atoms with E-state index in [0.29, 0.717) is 17.6 Å². The molecule has 0 aliphatic rings. The van der Waals surface area contributed by atoms with E-state index in [1.807, 2.05) is 56.3 Å². The maximum Gasteiger partial charge on any atom is 0.226 e. The largest absolute Gasteiger partial charge is 0.471 e. The summed E-state index contributed by atoms with van der Waals surface area (Å²) in [5, 5.41) is 0. The number of hydrogen-bond donors (Lipinski definition) is 0. The standard InChI is InChI=1S/C21H18N4O2/c1-14-12-19(25-20(23-14)16-8-10-22-11-9-16)26-13-18-15(2)27-21(24-18)17-6-4-3-5-7-17/h3-12H,13H2,1-2H3. The lowest BCUT2D eigenvalue weighted by Gasteiger charge is -2.07. The quantitative estimate of drug-likeness (QED) is 0.527. The Labute approximate surface area is 156 Å². The predicted octanol–water partition coefficient (Wildman–Crippen LogP) is 4.39. The van der Waals surface area contributed by atoms with Crippen molar-refractivity contribution in [3.8, 4) is 28.7 Å². The summed E-state index contributed by atoms with van der Waals surface area (Å²) in [6, 6.07) is 15.3. The molecule has 0 bridgehead atoms. The number of oxazole rings is 1. The second-order valence-electron chi connectivity index (χ2n) is 6.08. The van der Waals surface area contributed by atoms with Gasteiger partial charge in [-0.15, -0.1) is 0 Å². The number of benzene rings is 1. The monoisotopic (exact) mass is 358 g/mol. The number of nitrogens with zero attached hydrogens (tertiary/aromatic N) is 4. The summed E-state index contributed by atoms with van der Waals surface area (Å²) < 4.78 is 11.7. The van der Waals surface area contributed by atoms with Crippen LogP contribution in [-0.2, 0) is 6.61 Å². The third-order valence-electron chi connectivity index (χ3n) is 4.04. The topological polar surface area (TPSA) is 73.9 Å². The number of ether oxygens (including phenoxy) is 1. The Balaban J connectivity index is 1.54. The van der Waals surface area contributed by atoms with Crippen molar-refractivity contribution in [1.82, 2.24) is 19.9 Å². The zero-order valence-electron chi connectivity index (χ0n) is 15.1. The van der Waals surface area contributed by atoms with Crippen LogP contribution in [0, 0.1) is 13.8 Å². The molecule has 0 aliphatic heterocycles. The lowest BCUT2D eigenvalue weighted by molar-refractivity contribution is 0.287. The second kappa shape index (κ2) is 7.37. The Kier molecular flexibility index (Phi) is 4.61. The molecule has 4 rings (SSSR count). The van der Waals surface area contributed by atoms with E-state index in [4.69, 9.17) is 9.15 Å². The van der Waals surface area contributed by atoms with E-state index in [1.165, 1.54) is 0 Å². The Morgan fingerprint density at radius 3 is 2.44 bits per heavy atom. The average Bonchev–Trinajstić information content (AvgIpc) is 3.08. The van der Waals surface area contributed by atoms with Gasteiger partial charge in [-0.3, -0.25) is 4.98 Å². The van der Waals surface area contributed by atoms with Crippen LogP contribution in [0.1, 0.15) is 17.1 Å². The molecule has 6 nitrogen and oxygen atoms in total. The van der Waals surface area contributed by atoms with Crippen LogP contribution >= 0.6 is 0 Å². The minimum absolute atomic E-state index is 0.272. The van der Waals surface area contributed by atoms with E-state index >= 15 is 0 Å². The molecule has 0 saturated heterocycles. The summed E-state index contributed by atoms with van der Waals surface area (Å²) in [6.45, 7) is 4.06. The average molecular weight is 358 g/mol. The zero-order chi connectivity index (χ0) is 18.6. The van der Waals surface area contributed by atoms with Crippen molar-refractivity contribution in [3.05, 3.63) is 78.1 Å². The molecule has 134 valence electrons. The SMILES string of the molecule is Cc1cc(OCc2nc(-c3ccccc3)oc2C)nc(-c2ccncc2)n1. The summed E-state index contributed by atoms with van der Waals surface area (Å²) >= 11 is 0. The van der Waals surface area contributed by atoms with E-state index < -0.39 is 0 Å². The van der Waals surface area contributed by atoms with Gasteiger partial charge in [0.05, 0.1) is 0 Å². The van der Waals surface area contributed by atoms with Crippen LogP contribution in [0.4, 0.5) is 0 Å². The summed E-state index contributed by atoms with van der Waals surface area (Å²) in [6.07, 6.45) is 3.43. The Morgan fingerprint density at radius 1 is 0.889 bits per heavy atom. The first-order valence-electron chi connectivity index (χ1n) is 8.59. The van der Waals surface area contributed by atoms with Gasteiger partial charge in [0.25, 0.3) is 0 Å². The first kappa shape index (κ1) is 16.9. The normalized spacial score (nSPS) is 10.7. The van der Waals surface area contributed by atoms with Crippen LogP contribution in [0.5, 0.6) is 5.88 Å². The highest BCUT2D eigenvalue weighted by atomic mass is 16.5. The van der Waals surface area contributed by atoms with Crippen molar-refractivity contribution in [2.24, 2.45) is 0 Å². The maximum absolute atomic E-state index is 5.88. The predicted molar refractivity (Wildman–Crippen MR) is 101 cm³/mol. The van der Waals surface area contributed by atoms with Gasteiger partial charge in [0, 0.05) is 35.3 Å². The number of aryl methyl sites for hydroxylation is 2. The Bertz CT molecular complexity index is 1050. The molecule has 0 saturated carbocycles. The molecule has 0 amide bonds. The lowest BCUT2D eigenvalue weighted by Crippen LogP contribution is -2.02. The first-order chi connectivity index (χ1) is 13.2. The van der Waals surface area contributed by atoms with Crippen LogP contribution in [0.25, 0.3) is 22.8 Å². The van der Waals surface area contributed by atoms with Crippen molar-refractivity contribution in [2.75, 3.05) is 0 Å². The van der Waals surface area contributed by atoms with Gasteiger partial charge in [0.2, 0.25) is 11.8 Å². The minimum Gasteiger partial charge on any atom is -0.471 e. The molecule has 3 heterocycles. The fraction of sp³-hybridized carbons (Fsp3) is 0.143. The third kappa shape index (κ3) is 3.84. The first-order valence-corrected chi connectivity index (χ1v) is 8.59. The van der Waals surface area contributed by atoms with Gasteiger partial charge < -0.3 is 9.15 Å². The van der Waals surface area contributed by atoms with Crippen molar-refractivity contribution < 1.29 is 9.15 Å². The van der Waals surface area contributed by atoms with Crippen LogP contribution in [0.2, 0.25) is 0 Å². The van der Waals surface area contributed by atoms with E-state index in [9.17, 15) is 0 Å². The zero-order valence-corrected chi connectivity index (χ0v) is 15.1. The van der Waals surface area contributed by atoms with E-state index in [1.54, 1.807) is 18.5 Å². The summed E-state index contributed by atoms with van der Waals surface area (Å²) in [7, 11) is 0. The summed E-state index contributed by atoms with van der Waals surface area (Å²) in [4.78, 5) is 17.5. The molecule has 0 radical (unpaired) electrons. The van der Waals surface area contributed by atoms with Gasteiger partial charge in [-0.1, -0.05) is 18.2 Å². The molecule has 6 heteroatoms. The van der Waals surface area contributed by atoms with E-state index in [0.717, 1.165) is 28.3 Å². The van der Waals surface area contributed by atoms with E-state index in [2.05, 4.69) is 19.9 Å². The maximum atomic E-state index is 5.88. The molecule has 1 aromatic carbocycles. The van der Waals surface area contributed by atoms with Crippen LogP contribution in [0.15, 0.2) is 65.3 Å². The number of aromatic nitrogens is 4. The van der Waals surface area contributed by atoms with Crippen LogP contribution in [-0.4, -0.2) is 19.9 Å². The van der Waals surface area contributed by atoms with Crippen molar-refractivity contribution in [2.45, 2.75) is 20.5 Å². The number of pyridine rings is 1. The highest BCUT2D eigenvalue weighted by Gasteiger charge is 2.13. The Morgan fingerprint density at radius 2 is 1.67 bits per heavy atom. The molecule has 0 fully saturated rings. The highest BCUT2D eigenvalue weighted by molar-refractivity contribution is 5.54. The van der Waals surface area contributed by atoms with Crippen LogP contribution < -0.4 is 4.74 Å².